The molecule has 0 unspecified atom stereocenters. The molecule has 0 aliphatic heterocycles. The maximum atomic E-state index is 12.8. The average molecular weight is 491 g/mol. The van der Waals surface area contributed by atoms with Gasteiger partial charge < -0.3 is 20.4 Å². The minimum Gasteiger partial charge on any atom is -0.497 e. The number of benzene rings is 3. The van der Waals surface area contributed by atoms with Crippen molar-refractivity contribution in [1.82, 2.24) is 9.55 Å². The number of nitrogens with one attached hydrogen (secondary N) is 1. The summed E-state index contributed by atoms with van der Waals surface area (Å²) < 4.78 is 7.92. The zero-order chi connectivity index (χ0) is 22.5. The molecule has 0 fully saturated rings. The van der Waals surface area contributed by atoms with Crippen LogP contribution in [0.2, 0.25) is 0 Å². The van der Waals surface area contributed by atoms with Gasteiger partial charge in [-0.1, -0.05) is 64.5 Å². The second-order valence-corrected chi connectivity index (χ2v) is 8.12. The van der Waals surface area contributed by atoms with Crippen LogP contribution in [0.3, 0.4) is 0 Å². The number of hydrogen-bond acceptors (Lipinski definition) is 4. The van der Waals surface area contributed by atoms with Gasteiger partial charge in [0, 0.05) is 22.1 Å². The Bertz CT molecular complexity index is 1220. The van der Waals surface area contributed by atoms with Crippen LogP contribution in [0.25, 0.3) is 11.3 Å². The number of methoxy groups -OCH3 is 1. The van der Waals surface area contributed by atoms with Crippen molar-refractivity contribution in [1.29, 1.82) is 0 Å². The molecule has 32 heavy (non-hydrogen) atoms. The first-order valence-corrected chi connectivity index (χ1v) is 10.9. The van der Waals surface area contributed by atoms with Crippen LogP contribution in [-0.2, 0) is 17.8 Å². The van der Waals surface area contributed by atoms with Gasteiger partial charge in [0.1, 0.15) is 12.3 Å². The SMILES string of the molecule is COc1ccc(Cc2nc(N)n(CC(=O)Nc3ccccc3)c2-c2ccccc2Br)cc1. The summed E-state index contributed by atoms with van der Waals surface area (Å²) in [5, 5.41) is 2.91. The minimum absolute atomic E-state index is 0.0486. The highest BCUT2D eigenvalue weighted by atomic mass is 79.9. The van der Waals surface area contributed by atoms with Crippen LogP contribution < -0.4 is 15.8 Å². The lowest BCUT2D eigenvalue weighted by molar-refractivity contribution is -0.116. The number of anilines is 2. The first kappa shape index (κ1) is 21.6. The molecule has 1 aromatic heterocycles. The molecule has 0 aliphatic carbocycles. The van der Waals surface area contributed by atoms with Gasteiger partial charge in [-0.05, 0) is 35.9 Å². The molecule has 0 radical (unpaired) electrons. The predicted molar refractivity (Wildman–Crippen MR) is 131 cm³/mol. The third-order valence-electron chi connectivity index (χ3n) is 5.09. The number of nitrogen functional groups attached to an aromatic ring is 1. The molecule has 4 rings (SSSR count). The van der Waals surface area contributed by atoms with Crippen molar-refractivity contribution in [3.05, 3.63) is 94.6 Å². The Morgan fingerprint density at radius 1 is 1.03 bits per heavy atom. The fourth-order valence-electron chi connectivity index (χ4n) is 3.56. The van der Waals surface area contributed by atoms with Crippen molar-refractivity contribution in [2.75, 3.05) is 18.2 Å². The summed E-state index contributed by atoms with van der Waals surface area (Å²) in [6.07, 6.45) is 0.568. The molecule has 0 atom stereocenters. The summed E-state index contributed by atoms with van der Waals surface area (Å²) in [6, 6.07) is 25.0. The number of ether oxygens (including phenoxy) is 1. The number of amides is 1. The van der Waals surface area contributed by atoms with Gasteiger partial charge in [0.25, 0.3) is 0 Å². The van der Waals surface area contributed by atoms with Crippen LogP contribution in [0.4, 0.5) is 11.6 Å². The van der Waals surface area contributed by atoms with Crippen LogP contribution >= 0.6 is 15.9 Å². The number of halogens is 1. The number of aromatic nitrogens is 2. The van der Waals surface area contributed by atoms with Gasteiger partial charge >= 0.3 is 0 Å². The number of carbonyl (C=O) groups excluding carboxylic acids is 1. The van der Waals surface area contributed by atoms with E-state index < -0.39 is 0 Å². The average Bonchev–Trinajstić information content (AvgIpc) is 3.09. The maximum absolute atomic E-state index is 12.8. The van der Waals surface area contributed by atoms with Gasteiger partial charge in [-0.25, -0.2) is 4.98 Å². The van der Waals surface area contributed by atoms with E-state index >= 15 is 0 Å². The highest BCUT2D eigenvalue weighted by molar-refractivity contribution is 9.10. The lowest BCUT2D eigenvalue weighted by Gasteiger charge is -2.13. The van der Waals surface area contributed by atoms with E-state index in [9.17, 15) is 4.79 Å². The standard InChI is InChI=1S/C25H23BrN4O2/c1-32-19-13-11-17(12-14-19)15-22-24(20-9-5-6-10-21(20)26)30(25(27)29-22)16-23(31)28-18-7-3-2-4-8-18/h2-14H,15-16H2,1H3,(H2,27,29)(H,28,31). The number of imidazole rings is 1. The van der Waals surface area contributed by atoms with Crippen LogP contribution in [0.5, 0.6) is 5.75 Å². The van der Waals surface area contributed by atoms with E-state index in [1.807, 2.05) is 78.9 Å². The molecule has 3 aromatic carbocycles. The zero-order valence-electron chi connectivity index (χ0n) is 17.6. The van der Waals surface area contributed by atoms with Crippen LogP contribution in [0, 0.1) is 0 Å². The summed E-state index contributed by atoms with van der Waals surface area (Å²) in [5.74, 6) is 0.912. The molecular formula is C25H23BrN4O2. The first-order valence-electron chi connectivity index (χ1n) is 10.1. The van der Waals surface area contributed by atoms with Crippen molar-refractivity contribution >= 4 is 33.5 Å². The second-order valence-electron chi connectivity index (χ2n) is 7.27. The summed E-state index contributed by atoms with van der Waals surface area (Å²) >= 11 is 3.64. The summed E-state index contributed by atoms with van der Waals surface area (Å²) in [7, 11) is 1.64. The van der Waals surface area contributed by atoms with E-state index in [1.54, 1.807) is 11.7 Å². The molecular weight excluding hydrogens is 468 g/mol. The first-order chi connectivity index (χ1) is 15.5. The van der Waals surface area contributed by atoms with Crippen molar-refractivity contribution in [3.8, 4) is 17.0 Å². The lowest BCUT2D eigenvalue weighted by atomic mass is 10.0. The Labute approximate surface area is 195 Å². The smallest absolute Gasteiger partial charge is 0.244 e. The number of nitrogens with two attached hydrogens (primary N) is 1. The number of carbonyl (C=O) groups is 1. The fourth-order valence-corrected chi connectivity index (χ4v) is 4.03. The normalized spacial score (nSPS) is 10.7. The van der Waals surface area contributed by atoms with Crippen molar-refractivity contribution < 1.29 is 9.53 Å². The van der Waals surface area contributed by atoms with Gasteiger partial charge in [-0.3, -0.25) is 4.79 Å². The summed E-state index contributed by atoms with van der Waals surface area (Å²) in [4.78, 5) is 17.4. The third kappa shape index (κ3) is 4.84. The molecule has 0 aliphatic rings. The Kier molecular flexibility index (Phi) is 6.56. The molecule has 0 saturated carbocycles. The molecule has 162 valence electrons. The molecule has 4 aromatic rings. The Balaban J connectivity index is 1.70. The van der Waals surface area contributed by atoms with E-state index in [1.165, 1.54) is 0 Å². The van der Waals surface area contributed by atoms with E-state index in [4.69, 9.17) is 10.5 Å². The summed E-state index contributed by atoms with van der Waals surface area (Å²) in [6.45, 7) is 0.0486. The number of para-hydroxylation sites is 1. The van der Waals surface area contributed by atoms with Crippen LogP contribution in [0.1, 0.15) is 11.3 Å². The predicted octanol–water partition coefficient (Wildman–Crippen LogP) is 5.13. The molecule has 3 N–H and O–H groups in total. The lowest BCUT2D eigenvalue weighted by Crippen LogP contribution is -2.20. The van der Waals surface area contributed by atoms with Gasteiger partial charge in [-0.15, -0.1) is 0 Å². The van der Waals surface area contributed by atoms with Crippen molar-refractivity contribution in [2.24, 2.45) is 0 Å². The molecule has 1 heterocycles. The second kappa shape index (κ2) is 9.70. The van der Waals surface area contributed by atoms with E-state index in [2.05, 4.69) is 26.2 Å². The van der Waals surface area contributed by atoms with Gasteiger partial charge in [-0.2, -0.15) is 0 Å². The molecule has 0 spiro atoms. The van der Waals surface area contributed by atoms with Crippen LogP contribution in [0.15, 0.2) is 83.3 Å². The Morgan fingerprint density at radius 2 is 1.72 bits per heavy atom. The minimum atomic E-state index is -0.176. The fraction of sp³-hybridized carbons (Fsp3) is 0.120. The van der Waals surface area contributed by atoms with Gasteiger partial charge in [0.2, 0.25) is 11.9 Å². The van der Waals surface area contributed by atoms with E-state index in [-0.39, 0.29) is 12.5 Å². The zero-order valence-corrected chi connectivity index (χ0v) is 19.2. The number of nitrogens with zero attached hydrogens (tertiary/aromatic N) is 2. The number of rotatable bonds is 7. The quantitative estimate of drug-likeness (QED) is 0.376. The van der Waals surface area contributed by atoms with Crippen molar-refractivity contribution in [2.45, 2.75) is 13.0 Å². The Morgan fingerprint density at radius 3 is 2.41 bits per heavy atom. The molecule has 1 amide bonds. The largest absolute Gasteiger partial charge is 0.497 e. The van der Waals surface area contributed by atoms with Crippen LogP contribution in [-0.4, -0.2) is 22.6 Å². The topological polar surface area (TPSA) is 82.2 Å². The molecule has 6 nitrogen and oxygen atoms in total. The Hall–Kier alpha value is -3.58. The summed E-state index contributed by atoms with van der Waals surface area (Å²) in [5.41, 5.74) is 10.6. The number of hydrogen-bond donors (Lipinski definition) is 2. The molecule has 0 saturated heterocycles. The highest BCUT2D eigenvalue weighted by Gasteiger charge is 2.21. The maximum Gasteiger partial charge on any atom is 0.244 e. The molecule has 7 heteroatoms. The highest BCUT2D eigenvalue weighted by Crippen LogP contribution is 2.33. The van der Waals surface area contributed by atoms with Crippen molar-refractivity contribution in [3.63, 3.8) is 0 Å². The van der Waals surface area contributed by atoms with E-state index in [0.29, 0.717) is 12.4 Å². The van der Waals surface area contributed by atoms with E-state index in [0.717, 1.165) is 38.4 Å². The monoisotopic (exact) mass is 490 g/mol. The third-order valence-corrected chi connectivity index (χ3v) is 5.78. The molecule has 0 bridgehead atoms. The van der Waals surface area contributed by atoms with Gasteiger partial charge in [0.15, 0.2) is 0 Å². The van der Waals surface area contributed by atoms with Gasteiger partial charge in [0.05, 0.1) is 18.5 Å².